The predicted octanol–water partition coefficient (Wildman–Crippen LogP) is 6.56. The molecule has 1 N–H and O–H groups in total. The monoisotopic (exact) mass is 321 g/mol. The van der Waals surface area contributed by atoms with E-state index in [1.807, 2.05) is 19.9 Å². The molecule has 0 bridgehead atoms. The standard InChI is InChI=1S/C20H21NO.C2H6/c1-14(2)13-16-9-6-11-18-17-10-5-8-15(7-3-4-12-21)19(17)22-20(16)18;1-2/h3-6,8-12,14,21H,7,13H2,1-2H3;1-2H3/b4-3-,21-12?;. The molecule has 0 spiro atoms. The third-order valence-electron chi connectivity index (χ3n) is 3.89. The van der Waals surface area contributed by atoms with E-state index in [0.29, 0.717) is 5.92 Å². The molecule has 2 aromatic carbocycles. The van der Waals surface area contributed by atoms with Crippen LogP contribution in [0.4, 0.5) is 0 Å². The van der Waals surface area contributed by atoms with Gasteiger partial charge in [0.15, 0.2) is 0 Å². The zero-order valence-electron chi connectivity index (χ0n) is 15.1. The van der Waals surface area contributed by atoms with Crippen molar-refractivity contribution >= 4 is 28.2 Å². The van der Waals surface area contributed by atoms with E-state index in [2.05, 4.69) is 50.2 Å². The van der Waals surface area contributed by atoms with Gasteiger partial charge < -0.3 is 9.83 Å². The molecule has 0 aliphatic carbocycles. The smallest absolute Gasteiger partial charge is 0.138 e. The van der Waals surface area contributed by atoms with Crippen LogP contribution in [-0.4, -0.2) is 6.21 Å². The molecule has 24 heavy (non-hydrogen) atoms. The van der Waals surface area contributed by atoms with Gasteiger partial charge in [0.1, 0.15) is 11.2 Å². The maximum absolute atomic E-state index is 7.08. The molecule has 0 unspecified atom stereocenters. The van der Waals surface area contributed by atoms with Crippen molar-refractivity contribution in [2.75, 3.05) is 0 Å². The fourth-order valence-corrected chi connectivity index (χ4v) is 2.96. The van der Waals surface area contributed by atoms with Gasteiger partial charge in [0, 0.05) is 17.0 Å². The number of rotatable bonds is 5. The maximum Gasteiger partial charge on any atom is 0.138 e. The van der Waals surface area contributed by atoms with E-state index in [-0.39, 0.29) is 0 Å². The largest absolute Gasteiger partial charge is 0.455 e. The molecule has 1 heterocycles. The molecule has 0 aliphatic heterocycles. The molecule has 0 radical (unpaired) electrons. The second-order valence-corrected chi connectivity index (χ2v) is 6.09. The Labute approximate surface area is 144 Å². The highest BCUT2D eigenvalue weighted by atomic mass is 16.3. The Morgan fingerprint density at radius 1 is 0.958 bits per heavy atom. The number of allylic oxidation sites excluding steroid dienone is 2. The van der Waals surface area contributed by atoms with Crippen molar-refractivity contribution in [1.82, 2.24) is 0 Å². The third kappa shape index (κ3) is 3.76. The quantitative estimate of drug-likeness (QED) is 0.531. The van der Waals surface area contributed by atoms with E-state index >= 15 is 0 Å². The lowest BCUT2D eigenvalue weighted by Crippen LogP contribution is -1.93. The van der Waals surface area contributed by atoms with Gasteiger partial charge in [-0.1, -0.05) is 70.2 Å². The number of fused-ring (bicyclic) bond motifs is 3. The summed E-state index contributed by atoms with van der Waals surface area (Å²) in [5.41, 5.74) is 4.45. The molecule has 1 aromatic heterocycles. The van der Waals surface area contributed by atoms with Gasteiger partial charge in [-0.3, -0.25) is 0 Å². The van der Waals surface area contributed by atoms with Gasteiger partial charge in [0.05, 0.1) is 0 Å². The van der Waals surface area contributed by atoms with E-state index in [1.54, 1.807) is 6.08 Å². The van der Waals surface area contributed by atoms with Crippen molar-refractivity contribution in [2.45, 2.75) is 40.5 Å². The topological polar surface area (TPSA) is 37.0 Å². The molecule has 0 saturated heterocycles. The Balaban J connectivity index is 0.00000100. The van der Waals surface area contributed by atoms with E-state index < -0.39 is 0 Å². The number of hydrogen-bond donors (Lipinski definition) is 1. The van der Waals surface area contributed by atoms with Crippen LogP contribution in [-0.2, 0) is 12.8 Å². The highest BCUT2D eigenvalue weighted by Gasteiger charge is 2.13. The summed E-state index contributed by atoms with van der Waals surface area (Å²) in [6, 6.07) is 12.7. The summed E-state index contributed by atoms with van der Waals surface area (Å²) in [5.74, 6) is 0.605. The molecule has 2 heteroatoms. The fourth-order valence-electron chi connectivity index (χ4n) is 2.96. The highest BCUT2D eigenvalue weighted by Crippen LogP contribution is 2.33. The van der Waals surface area contributed by atoms with E-state index in [0.717, 1.165) is 24.0 Å². The SMILES string of the molecule is CC.CC(C)Cc1cccc2c1oc1c(C/C=C\C=N)cccc12. The normalized spacial score (nSPS) is 11.2. The van der Waals surface area contributed by atoms with Gasteiger partial charge >= 0.3 is 0 Å². The predicted molar refractivity (Wildman–Crippen MR) is 105 cm³/mol. The van der Waals surface area contributed by atoms with Crippen molar-refractivity contribution < 1.29 is 4.42 Å². The van der Waals surface area contributed by atoms with Crippen LogP contribution >= 0.6 is 0 Å². The summed E-state index contributed by atoms with van der Waals surface area (Å²) in [5, 5.41) is 9.46. The van der Waals surface area contributed by atoms with Crippen LogP contribution in [0.3, 0.4) is 0 Å². The average Bonchev–Trinajstić information content (AvgIpc) is 2.97. The molecule has 3 rings (SSSR count). The molecule has 0 saturated carbocycles. The maximum atomic E-state index is 7.08. The molecule has 0 fully saturated rings. The molecule has 126 valence electrons. The Bertz CT molecular complexity index is 840. The molecule has 0 atom stereocenters. The fraction of sp³-hybridized carbons (Fsp3) is 0.318. The van der Waals surface area contributed by atoms with Gasteiger partial charge in [0.25, 0.3) is 0 Å². The van der Waals surface area contributed by atoms with E-state index in [4.69, 9.17) is 9.83 Å². The highest BCUT2D eigenvalue weighted by molar-refractivity contribution is 6.06. The summed E-state index contributed by atoms with van der Waals surface area (Å²) in [7, 11) is 0. The van der Waals surface area contributed by atoms with Crippen LogP contribution in [0.5, 0.6) is 0 Å². The van der Waals surface area contributed by atoms with Crippen molar-refractivity contribution in [2.24, 2.45) is 5.92 Å². The van der Waals surface area contributed by atoms with Crippen LogP contribution in [0.1, 0.15) is 38.8 Å². The number of hydrogen-bond acceptors (Lipinski definition) is 2. The average molecular weight is 321 g/mol. The number of furan rings is 1. The summed E-state index contributed by atoms with van der Waals surface area (Å²) < 4.78 is 6.26. The van der Waals surface area contributed by atoms with Crippen molar-refractivity contribution in [1.29, 1.82) is 5.41 Å². The lowest BCUT2D eigenvalue weighted by atomic mass is 10.00. The number of nitrogens with one attached hydrogen (secondary N) is 1. The molecule has 2 nitrogen and oxygen atoms in total. The minimum absolute atomic E-state index is 0.605. The number of para-hydroxylation sites is 2. The number of benzene rings is 2. The summed E-state index contributed by atoms with van der Waals surface area (Å²) >= 11 is 0. The second-order valence-electron chi connectivity index (χ2n) is 6.09. The van der Waals surface area contributed by atoms with Gasteiger partial charge in [-0.05, 0) is 36.0 Å². The molecule has 0 amide bonds. The Kier molecular flexibility index (Phi) is 6.36. The van der Waals surface area contributed by atoms with Gasteiger partial charge in [-0.15, -0.1) is 0 Å². The second kappa shape index (κ2) is 8.49. The Morgan fingerprint density at radius 2 is 1.54 bits per heavy atom. The van der Waals surface area contributed by atoms with Crippen LogP contribution in [0.25, 0.3) is 21.9 Å². The molecular weight excluding hydrogens is 294 g/mol. The van der Waals surface area contributed by atoms with Crippen molar-refractivity contribution in [3.05, 3.63) is 59.7 Å². The lowest BCUT2D eigenvalue weighted by Gasteiger charge is -2.04. The molecular formula is C22H27NO. The van der Waals surface area contributed by atoms with Crippen molar-refractivity contribution in [3.8, 4) is 0 Å². The van der Waals surface area contributed by atoms with Crippen LogP contribution in [0.2, 0.25) is 0 Å². The van der Waals surface area contributed by atoms with Crippen LogP contribution in [0, 0.1) is 11.3 Å². The summed E-state index contributed by atoms with van der Waals surface area (Å²) in [4.78, 5) is 0. The first-order chi connectivity index (χ1) is 11.7. The van der Waals surface area contributed by atoms with E-state index in [1.165, 1.54) is 28.1 Å². The third-order valence-corrected chi connectivity index (χ3v) is 3.89. The summed E-state index contributed by atoms with van der Waals surface area (Å²) in [6.07, 6.45) is 6.86. The molecule has 3 aromatic rings. The minimum atomic E-state index is 0.605. The first kappa shape index (κ1) is 18.0. The van der Waals surface area contributed by atoms with Crippen LogP contribution < -0.4 is 0 Å². The van der Waals surface area contributed by atoms with Crippen LogP contribution in [0.15, 0.2) is 53.0 Å². The zero-order chi connectivity index (χ0) is 17.5. The Morgan fingerprint density at radius 3 is 2.12 bits per heavy atom. The zero-order valence-corrected chi connectivity index (χ0v) is 15.1. The van der Waals surface area contributed by atoms with Crippen molar-refractivity contribution in [3.63, 3.8) is 0 Å². The minimum Gasteiger partial charge on any atom is -0.455 e. The lowest BCUT2D eigenvalue weighted by molar-refractivity contribution is 0.622. The van der Waals surface area contributed by atoms with E-state index in [9.17, 15) is 0 Å². The van der Waals surface area contributed by atoms with Gasteiger partial charge in [0.2, 0.25) is 0 Å². The summed E-state index contributed by atoms with van der Waals surface area (Å²) in [6.45, 7) is 8.46. The Hall–Kier alpha value is -2.35. The molecule has 0 aliphatic rings. The van der Waals surface area contributed by atoms with Gasteiger partial charge in [-0.2, -0.15) is 0 Å². The first-order valence-corrected chi connectivity index (χ1v) is 8.78. The van der Waals surface area contributed by atoms with Gasteiger partial charge in [-0.25, -0.2) is 0 Å². The first-order valence-electron chi connectivity index (χ1n) is 8.78.